The molecule has 0 fully saturated rings. The van der Waals surface area contributed by atoms with Crippen LogP contribution in [0, 0.1) is 10.1 Å². The minimum atomic E-state index is -0.575. The zero-order chi connectivity index (χ0) is 10.0. The van der Waals surface area contributed by atoms with Gasteiger partial charge in [-0.25, -0.2) is 0 Å². The highest BCUT2D eigenvalue weighted by atomic mass is 16.6. The fourth-order valence-electron chi connectivity index (χ4n) is 0.906. The first-order valence-corrected chi connectivity index (χ1v) is 3.43. The van der Waals surface area contributed by atoms with Crippen LogP contribution in [-0.4, -0.2) is 12.0 Å². The van der Waals surface area contributed by atoms with E-state index < -0.39 is 4.92 Å². The highest BCUT2D eigenvalue weighted by molar-refractivity contribution is 5.71. The van der Waals surface area contributed by atoms with Gasteiger partial charge < -0.3 is 16.2 Å². The Morgan fingerprint density at radius 1 is 1.38 bits per heavy atom. The van der Waals surface area contributed by atoms with Gasteiger partial charge in [0.05, 0.1) is 23.4 Å². The molecule has 1 rings (SSSR count). The van der Waals surface area contributed by atoms with Crippen LogP contribution in [0.1, 0.15) is 0 Å². The third-order valence-electron chi connectivity index (χ3n) is 1.58. The molecule has 0 atom stereocenters. The monoisotopic (exact) mass is 183 g/mol. The first kappa shape index (κ1) is 9.11. The number of benzene rings is 1. The number of rotatable bonds is 2. The van der Waals surface area contributed by atoms with Gasteiger partial charge >= 0.3 is 5.69 Å². The maximum atomic E-state index is 10.5. The van der Waals surface area contributed by atoms with E-state index in [4.69, 9.17) is 16.2 Å². The predicted molar refractivity (Wildman–Crippen MR) is 48.5 cm³/mol. The van der Waals surface area contributed by atoms with Crippen molar-refractivity contribution in [2.24, 2.45) is 0 Å². The fraction of sp³-hybridized carbons (Fsp3) is 0.143. The Bertz CT molecular complexity index is 351. The molecule has 0 spiro atoms. The summed E-state index contributed by atoms with van der Waals surface area (Å²) in [6.45, 7) is 0. The summed E-state index contributed by atoms with van der Waals surface area (Å²) in [4.78, 5) is 9.90. The Hall–Kier alpha value is -1.98. The molecule has 0 saturated heterocycles. The first-order chi connectivity index (χ1) is 6.06. The molecule has 70 valence electrons. The highest BCUT2D eigenvalue weighted by Gasteiger charge is 2.16. The van der Waals surface area contributed by atoms with Crippen LogP contribution in [0.25, 0.3) is 0 Å². The molecular weight excluding hydrogens is 174 g/mol. The van der Waals surface area contributed by atoms with E-state index in [-0.39, 0.29) is 22.8 Å². The minimum Gasteiger partial charge on any atom is -0.490 e. The molecule has 6 nitrogen and oxygen atoms in total. The van der Waals surface area contributed by atoms with Crippen molar-refractivity contribution >= 4 is 17.1 Å². The van der Waals surface area contributed by atoms with E-state index in [1.165, 1.54) is 19.2 Å². The molecule has 1 aromatic carbocycles. The summed E-state index contributed by atoms with van der Waals surface area (Å²) in [5.74, 6) is 0.108. The lowest BCUT2D eigenvalue weighted by Crippen LogP contribution is -1.99. The van der Waals surface area contributed by atoms with Crippen LogP contribution in [0.15, 0.2) is 12.1 Å². The van der Waals surface area contributed by atoms with Crippen molar-refractivity contribution in [2.75, 3.05) is 18.6 Å². The number of nitrogen functional groups attached to an aromatic ring is 2. The summed E-state index contributed by atoms with van der Waals surface area (Å²) >= 11 is 0. The van der Waals surface area contributed by atoms with Gasteiger partial charge in [0.25, 0.3) is 0 Å². The van der Waals surface area contributed by atoms with Gasteiger partial charge in [-0.2, -0.15) is 0 Å². The maximum absolute atomic E-state index is 10.5. The smallest absolute Gasteiger partial charge is 0.313 e. The fourth-order valence-corrected chi connectivity index (χ4v) is 0.906. The van der Waals surface area contributed by atoms with E-state index in [2.05, 4.69) is 0 Å². The number of nitro groups is 1. The molecule has 0 heterocycles. The van der Waals surface area contributed by atoms with Gasteiger partial charge in [0.1, 0.15) is 0 Å². The van der Waals surface area contributed by atoms with Gasteiger partial charge in [0.15, 0.2) is 5.75 Å². The lowest BCUT2D eigenvalue weighted by atomic mass is 10.2. The van der Waals surface area contributed by atoms with Gasteiger partial charge in [-0.3, -0.25) is 10.1 Å². The van der Waals surface area contributed by atoms with Crippen LogP contribution in [0.3, 0.4) is 0 Å². The summed E-state index contributed by atoms with van der Waals surface area (Å²) in [7, 11) is 1.33. The number of nitrogens with zero attached hydrogens (tertiary/aromatic N) is 1. The second-order valence-corrected chi connectivity index (χ2v) is 2.41. The highest BCUT2D eigenvalue weighted by Crippen LogP contribution is 2.32. The van der Waals surface area contributed by atoms with Crippen LogP contribution in [0.2, 0.25) is 0 Å². The Morgan fingerprint density at radius 2 is 1.92 bits per heavy atom. The zero-order valence-corrected chi connectivity index (χ0v) is 6.98. The number of methoxy groups -OCH3 is 1. The lowest BCUT2D eigenvalue weighted by molar-refractivity contribution is -0.385. The molecule has 0 radical (unpaired) electrons. The molecule has 0 aliphatic carbocycles. The molecule has 6 heteroatoms. The van der Waals surface area contributed by atoms with E-state index in [0.717, 1.165) is 0 Å². The van der Waals surface area contributed by atoms with Crippen LogP contribution < -0.4 is 16.2 Å². The van der Waals surface area contributed by atoms with E-state index in [9.17, 15) is 10.1 Å². The van der Waals surface area contributed by atoms with Gasteiger partial charge in [-0.1, -0.05) is 0 Å². The molecular formula is C7H9N3O3. The van der Waals surface area contributed by atoms with Crippen molar-refractivity contribution in [1.29, 1.82) is 0 Å². The summed E-state index contributed by atoms with van der Waals surface area (Å²) in [6.07, 6.45) is 0. The molecule has 0 bridgehead atoms. The summed E-state index contributed by atoms with van der Waals surface area (Å²) in [5, 5.41) is 10.5. The normalized spacial score (nSPS) is 9.62. The largest absolute Gasteiger partial charge is 0.490 e. The number of anilines is 2. The van der Waals surface area contributed by atoms with Crippen molar-refractivity contribution in [1.82, 2.24) is 0 Å². The van der Waals surface area contributed by atoms with Gasteiger partial charge in [0, 0.05) is 12.1 Å². The average molecular weight is 183 g/mol. The number of hydrogen-bond donors (Lipinski definition) is 2. The topological polar surface area (TPSA) is 104 Å². The molecule has 13 heavy (non-hydrogen) atoms. The Morgan fingerprint density at radius 3 is 2.38 bits per heavy atom. The average Bonchev–Trinajstić information content (AvgIpc) is 2.08. The van der Waals surface area contributed by atoms with Crippen molar-refractivity contribution < 1.29 is 9.66 Å². The van der Waals surface area contributed by atoms with Gasteiger partial charge in [-0.05, 0) is 0 Å². The Kier molecular flexibility index (Phi) is 2.23. The number of ether oxygens (including phenoxy) is 1. The minimum absolute atomic E-state index is 0.108. The predicted octanol–water partition coefficient (Wildman–Crippen LogP) is 0.768. The second kappa shape index (κ2) is 3.18. The van der Waals surface area contributed by atoms with Crippen molar-refractivity contribution in [3.8, 4) is 5.75 Å². The SMILES string of the molecule is COc1cc(N)c(N)cc1[N+](=O)[O-]. The van der Waals surface area contributed by atoms with Gasteiger partial charge in [-0.15, -0.1) is 0 Å². The van der Waals surface area contributed by atoms with Crippen LogP contribution in [0.5, 0.6) is 5.75 Å². The maximum Gasteiger partial charge on any atom is 0.313 e. The van der Waals surface area contributed by atoms with E-state index in [1.807, 2.05) is 0 Å². The van der Waals surface area contributed by atoms with Crippen molar-refractivity contribution in [2.45, 2.75) is 0 Å². The molecule has 4 N–H and O–H groups in total. The van der Waals surface area contributed by atoms with Crippen molar-refractivity contribution in [3.05, 3.63) is 22.2 Å². The van der Waals surface area contributed by atoms with E-state index in [0.29, 0.717) is 0 Å². The van der Waals surface area contributed by atoms with Crippen LogP contribution in [0.4, 0.5) is 17.1 Å². The Labute approximate surface area is 74.2 Å². The van der Waals surface area contributed by atoms with Crippen molar-refractivity contribution in [3.63, 3.8) is 0 Å². The molecule has 0 aliphatic rings. The number of hydrogen-bond acceptors (Lipinski definition) is 5. The van der Waals surface area contributed by atoms with Crippen LogP contribution in [-0.2, 0) is 0 Å². The first-order valence-electron chi connectivity index (χ1n) is 3.43. The lowest BCUT2D eigenvalue weighted by Gasteiger charge is -2.04. The molecule has 1 aromatic rings. The molecule has 0 aromatic heterocycles. The van der Waals surface area contributed by atoms with E-state index in [1.54, 1.807) is 0 Å². The van der Waals surface area contributed by atoms with Gasteiger partial charge in [0.2, 0.25) is 0 Å². The van der Waals surface area contributed by atoms with Crippen LogP contribution >= 0.6 is 0 Å². The quantitative estimate of drug-likeness (QED) is 0.400. The molecule has 0 saturated carbocycles. The van der Waals surface area contributed by atoms with E-state index >= 15 is 0 Å². The third-order valence-corrected chi connectivity index (χ3v) is 1.58. The third kappa shape index (κ3) is 1.61. The number of nitro benzene ring substituents is 1. The summed E-state index contributed by atoms with van der Waals surface area (Å²) in [5.41, 5.74) is 11.1. The molecule has 0 aliphatic heterocycles. The zero-order valence-electron chi connectivity index (χ0n) is 6.98. The molecule has 0 amide bonds. The Balaban J connectivity index is 3.33. The molecule has 0 unspecified atom stereocenters. The summed E-state index contributed by atoms with van der Waals surface area (Å²) < 4.78 is 4.77. The summed E-state index contributed by atoms with van der Waals surface area (Å²) in [6, 6.07) is 2.50. The second-order valence-electron chi connectivity index (χ2n) is 2.41. The standard InChI is InChI=1S/C7H9N3O3/c1-13-7-3-5(9)4(8)2-6(7)10(11)12/h2-3H,8-9H2,1H3. The number of nitrogens with two attached hydrogens (primary N) is 2.